The van der Waals surface area contributed by atoms with Crippen LogP contribution >= 0.6 is 11.6 Å². The number of carbonyl (C=O) groups is 1. The Hall–Kier alpha value is -1.26. The molecule has 1 amide bonds. The van der Waals surface area contributed by atoms with Gasteiger partial charge in [-0.25, -0.2) is 0 Å². The Bertz CT molecular complexity index is 516. The number of hydrogen-bond donors (Lipinski definition) is 2. The van der Waals surface area contributed by atoms with Gasteiger partial charge in [-0.15, -0.1) is 0 Å². The SMILES string of the molecule is Nc1c(Cl)cccc1C(=O)NCC1CCN(C2CC2)C1. The van der Waals surface area contributed by atoms with E-state index >= 15 is 0 Å². The number of nitrogens with two attached hydrogens (primary N) is 1. The van der Waals surface area contributed by atoms with E-state index < -0.39 is 0 Å². The van der Waals surface area contributed by atoms with Gasteiger partial charge in [0.25, 0.3) is 5.91 Å². The number of amides is 1. The summed E-state index contributed by atoms with van der Waals surface area (Å²) in [6.07, 6.45) is 3.86. The Morgan fingerprint density at radius 2 is 2.20 bits per heavy atom. The summed E-state index contributed by atoms with van der Waals surface area (Å²) in [5.41, 5.74) is 6.66. The Morgan fingerprint density at radius 3 is 2.95 bits per heavy atom. The number of anilines is 1. The summed E-state index contributed by atoms with van der Waals surface area (Å²) < 4.78 is 0. The van der Waals surface area contributed by atoms with Crippen LogP contribution in [0, 0.1) is 5.92 Å². The predicted octanol–water partition coefficient (Wildman–Crippen LogP) is 2.14. The zero-order valence-electron chi connectivity index (χ0n) is 11.4. The van der Waals surface area contributed by atoms with Crippen molar-refractivity contribution in [3.8, 4) is 0 Å². The number of halogens is 1. The van der Waals surface area contributed by atoms with Gasteiger partial charge in [-0.2, -0.15) is 0 Å². The second kappa shape index (κ2) is 5.62. The van der Waals surface area contributed by atoms with Crippen molar-refractivity contribution >= 4 is 23.2 Å². The van der Waals surface area contributed by atoms with Crippen LogP contribution in [0.5, 0.6) is 0 Å². The molecule has 5 heteroatoms. The molecule has 4 nitrogen and oxygen atoms in total. The highest BCUT2D eigenvalue weighted by Gasteiger charge is 2.34. The topological polar surface area (TPSA) is 58.4 Å². The molecule has 2 fully saturated rings. The van der Waals surface area contributed by atoms with E-state index in [9.17, 15) is 4.79 Å². The second-order valence-corrected chi connectivity index (χ2v) is 6.20. The first-order valence-electron chi connectivity index (χ1n) is 7.21. The Morgan fingerprint density at radius 1 is 1.40 bits per heavy atom. The van der Waals surface area contributed by atoms with Crippen molar-refractivity contribution < 1.29 is 4.79 Å². The molecule has 1 saturated carbocycles. The van der Waals surface area contributed by atoms with Crippen molar-refractivity contribution in [3.63, 3.8) is 0 Å². The fraction of sp³-hybridized carbons (Fsp3) is 0.533. The maximum atomic E-state index is 12.1. The number of nitrogens with one attached hydrogen (secondary N) is 1. The molecular formula is C15H20ClN3O. The number of hydrogen-bond acceptors (Lipinski definition) is 3. The average Bonchev–Trinajstić information content (AvgIpc) is 3.18. The van der Waals surface area contributed by atoms with Gasteiger partial charge in [0, 0.05) is 19.1 Å². The second-order valence-electron chi connectivity index (χ2n) is 5.79. The highest BCUT2D eigenvalue weighted by Crippen LogP contribution is 2.31. The van der Waals surface area contributed by atoms with E-state index in [1.165, 1.54) is 25.8 Å². The van der Waals surface area contributed by atoms with Crippen LogP contribution in [-0.4, -0.2) is 36.5 Å². The van der Waals surface area contributed by atoms with Gasteiger partial charge in [-0.1, -0.05) is 17.7 Å². The summed E-state index contributed by atoms with van der Waals surface area (Å²) in [5.74, 6) is 0.426. The van der Waals surface area contributed by atoms with Gasteiger partial charge in [0.1, 0.15) is 0 Å². The standard InChI is InChI=1S/C15H20ClN3O/c16-13-3-1-2-12(14(13)17)15(20)18-8-10-6-7-19(9-10)11-4-5-11/h1-3,10-11H,4-9,17H2,(H,18,20). The quantitative estimate of drug-likeness (QED) is 0.836. The molecule has 20 heavy (non-hydrogen) atoms. The first kappa shape index (κ1) is 13.7. The highest BCUT2D eigenvalue weighted by atomic mass is 35.5. The summed E-state index contributed by atoms with van der Waals surface area (Å²) in [6.45, 7) is 2.99. The average molecular weight is 294 g/mol. The lowest BCUT2D eigenvalue weighted by Crippen LogP contribution is -2.31. The van der Waals surface area contributed by atoms with Gasteiger partial charge in [-0.3, -0.25) is 4.79 Å². The first-order chi connectivity index (χ1) is 9.65. The molecule has 1 aromatic rings. The van der Waals surface area contributed by atoms with E-state index in [1.54, 1.807) is 18.2 Å². The molecule has 1 saturated heterocycles. The largest absolute Gasteiger partial charge is 0.397 e. The maximum absolute atomic E-state index is 12.1. The Balaban J connectivity index is 1.53. The van der Waals surface area contributed by atoms with Crippen molar-refractivity contribution in [2.45, 2.75) is 25.3 Å². The number of nitrogen functional groups attached to an aromatic ring is 1. The lowest BCUT2D eigenvalue weighted by atomic mass is 10.1. The lowest BCUT2D eigenvalue weighted by Gasteiger charge is -2.15. The number of nitrogens with zero attached hydrogens (tertiary/aromatic N) is 1. The molecule has 2 aliphatic rings. The van der Waals surface area contributed by atoms with Crippen molar-refractivity contribution in [3.05, 3.63) is 28.8 Å². The normalized spacial score (nSPS) is 22.9. The number of rotatable bonds is 4. The molecule has 1 atom stereocenters. The van der Waals surface area contributed by atoms with E-state index in [2.05, 4.69) is 10.2 Å². The van der Waals surface area contributed by atoms with E-state index in [-0.39, 0.29) is 5.91 Å². The van der Waals surface area contributed by atoms with Crippen LogP contribution in [0.2, 0.25) is 5.02 Å². The number of carbonyl (C=O) groups excluding carboxylic acids is 1. The molecule has 0 bridgehead atoms. The predicted molar refractivity (Wildman–Crippen MR) is 80.9 cm³/mol. The maximum Gasteiger partial charge on any atom is 0.253 e. The molecule has 0 spiro atoms. The number of benzene rings is 1. The lowest BCUT2D eigenvalue weighted by molar-refractivity contribution is 0.0948. The minimum atomic E-state index is -0.130. The number of para-hydroxylation sites is 1. The van der Waals surface area contributed by atoms with Gasteiger partial charge in [0.05, 0.1) is 16.3 Å². The van der Waals surface area contributed by atoms with Crippen LogP contribution in [0.25, 0.3) is 0 Å². The van der Waals surface area contributed by atoms with Crippen LogP contribution in [0.1, 0.15) is 29.6 Å². The van der Waals surface area contributed by atoms with Gasteiger partial charge in [-0.05, 0) is 43.9 Å². The molecule has 1 aromatic carbocycles. The minimum absolute atomic E-state index is 0.130. The molecule has 108 valence electrons. The monoisotopic (exact) mass is 293 g/mol. The van der Waals surface area contributed by atoms with Crippen LogP contribution < -0.4 is 11.1 Å². The summed E-state index contributed by atoms with van der Waals surface area (Å²) in [7, 11) is 0. The molecule has 1 aliphatic carbocycles. The summed E-state index contributed by atoms with van der Waals surface area (Å²) in [4.78, 5) is 14.7. The van der Waals surface area contributed by atoms with Crippen LogP contribution in [-0.2, 0) is 0 Å². The van der Waals surface area contributed by atoms with Crippen molar-refractivity contribution in [2.24, 2.45) is 5.92 Å². The number of likely N-dealkylation sites (tertiary alicyclic amines) is 1. The van der Waals surface area contributed by atoms with Crippen molar-refractivity contribution in [1.29, 1.82) is 0 Å². The zero-order chi connectivity index (χ0) is 14.1. The zero-order valence-corrected chi connectivity index (χ0v) is 12.2. The minimum Gasteiger partial charge on any atom is -0.397 e. The third-order valence-electron chi connectivity index (χ3n) is 4.23. The third kappa shape index (κ3) is 2.91. The Kier molecular flexibility index (Phi) is 3.85. The third-order valence-corrected chi connectivity index (χ3v) is 4.56. The smallest absolute Gasteiger partial charge is 0.253 e. The van der Waals surface area contributed by atoms with Crippen LogP contribution in [0.4, 0.5) is 5.69 Å². The Labute approximate surface area is 124 Å². The summed E-state index contributed by atoms with van der Waals surface area (Å²) in [5, 5.41) is 3.41. The first-order valence-corrected chi connectivity index (χ1v) is 7.59. The summed E-state index contributed by atoms with van der Waals surface area (Å²) >= 11 is 5.93. The molecule has 3 rings (SSSR count). The fourth-order valence-corrected chi connectivity index (χ4v) is 3.04. The van der Waals surface area contributed by atoms with E-state index in [4.69, 9.17) is 17.3 Å². The van der Waals surface area contributed by atoms with Gasteiger partial charge >= 0.3 is 0 Å². The van der Waals surface area contributed by atoms with Gasteiger partial charge in [0.15, 0.2) is 0 Å². The molecule has 1 heterocycles. The van der Waals surface area contributed by atoms with Crippen molar-refractivity contribution in [2.75, 3.05) is 25.4 Å². The fourth-order valence-electron chi connectivity index (χ4n) is 2.87. The molecule has 0 aromatic heterocycles. The molecular weight excluding hydrogens is 274 g/mol. The highest BCUT2D eigenvalue weighted by molar-refractivity contribution is 6.33. The molecule has 1 unspecified atom stereocenters. The summed E-state index contributed by atoms with van der Waals surface area (Å²) in [6, 6.07) is 5.97. The van der Waals surface area contributed by atoms with E-state index in [1.807, 2.05) is 0 Å². The molecule has 3 N–H and O–H groups in total. The molecule has 0 radical (unpaired) electrons. The van der Waals surface area contributed by atoms with Gasteiger partial charge in [0.2, 0.25) is 0 Å². The van der Waals surface area contributed by atoms with Crippen LogP contribution in [0.15, 0.2) is 18.2 Å². The van der Waals surface area contributed by atoms with E-state index in [0.29, 0.717) is 28.7 Å². The van der Waals surface area contributed by atoms with Crippen molar-refractivity contribution in [1.82, 2.24) is 10.2 Å². The molecule has 1 aliphatic heterocycles. The van der Waals surface area contributed by atoms with Crippen LogP contribution in [0.3, 0.4) is 0 Å². The van der Waals surface area contributed by atoms with Gasteiger partial charge < -0.3 is 16.0 Å². The van der Waals surface area contributed by atoms with E-state index in [0.717, 1.165) is 12.6 Å².